The highest BCUT2D eigenvalue weighted by Gasteiger charge is 2.07. The number of hydrogen-bond donors (Lipinski definition) is 1. The normalized spacial score (nSPS) is 12.5. The molecule has 3 aromatic rings. The molecular weight excluding hydrogens is 278 g/mol. The quantitative estimate of drug-likeness (QED) is 0.750. The topological polar surface area (TPSA) is 35.2 Å². The predicted molar refractivity (Wildman–Crippen MR) is 89.9 cm³/mol. The lowest BCUT2D eigenvalue weighted by Crippen LogP contribution is -2.05. The van der Waals surface area contributed by atoms with Crippen LogP contribution in [0.4, 0.5) is 0 Å². The van der Waals surface area contributed by atoms with Gasteiger partial charge in [0.25, 0.3) is 0 Å². The Bertz CT molecular complexity index is 761. The van der Waals surface area contributed by atoms with Crippen molar-refractivity contribution in [3.63, 3.8) is 0 Å². The van der Waals surface area contributed by atoms with Gasteiger partial charge in [0.1, 0.15) is 12.4 Å². The zero-order chi connectivity index (χ0) is 14.8. The average Bonchev–Trinajstić information content (AvgIpc) is 2.89. The van der Waals surface area contributed by atoms with Crippen molar-refractivity contribution in [1.82, 2.24) is 0 Å². The van der Waals surface area contributed by atoms with Crippen molar-refractivity contribution in [3.8, 4) is 5.75 Å². The van der Waals surface area contributed by atoms with Crippen LogP contribution in [-0.4, -0.2) is 0 Å². The van der Waals surface area contributed by atoms with Crippen LogP contribution in [0, 0.1) is 6.92 Å². The summed E-state index contributed by atoms with van der Waals surface area (Å²) in [5.74, 6) is 0.926. The molecule has 1 aromatic heterocycles. The molecule has 0 unspecified atom stereocenters. The smallest absolute Gasteiger partial charge is 0.122 e. The van der Waals surface area contributed by atoms with Gasteiger partial charge in [0.05, 0.1) is 0 Å². The van der Waals surface area contributed by atoms with Crippen molar-refractivity contribution < 1.29 is 4.74 Å². The maximum atomic E-state index is 5.99. The van der Waals surface area contributed by atoms with Crippen LogP contribution in [-0.2, 0) is 6.61 Å². The third-order valence-corrected chi connectivity index (χ3v) is 4.68. The molecule has 2 aromatic carbocycles. The van der Waals surface area contributed by atoms with E-state index >= 15 is 0 Å². The summed E-state index contributed by atoms with van der Waals surface area (Å²) in [6, 6.07) is 14.6. The van der Waals surface area contributed by atoms with Gasteiger partial charge < -0.3 is 10.5 Å². The molecule has 0 bridgehead atoms. The molecule has 3 heteroatoms. The summed E-state index contributed by atoms with van der Waals surface area (Å²) in [4.78, 5) is 0. The van der Waals surface area contributed by atoms with E-state index < -0.39 is 0 Å². The molecule has 21 heavy (non-hydrogen) atoms. The van der Waals surface area contributed by atoms with Gasteiger partial charge in [-0.25, -0.2) is 0 Å². The highest BCUT2D eigenvalue weighted by molar-refractivity contribution is 7.17. The van der Waals surface area contributed by atoms with Crippen LogP contribution in [0.3, 0.4) is 0 Å². The zero-order valence-corrected chi connectivity index (χ0v) is 13.1. The molecule has 0 aliphatic heterocycles. The Labute approximate surface area is 129 Å². The standard InChI is InChI=1S/C18H19NOS/c1-12-9-14(13(2)19)7-8-17(12)20-10-15-11-21-18-6-4-3-5-16(15)18/h3-9,11,13H,10,19H2,1-2H3/t13-/m0/s1. The summed E-state index contributed by atoms with van der Waals surface area (Å²) in [7, 11) is 0. The third-order valence-electron chi connectivity index (χ3n) is 3.67. The first kappa shape index (κ1) is 14.1. The number of ether oxygens (including phenoxy) is 1. The monoisotopic (exact) mass is 297 g/mol. The van der Waals surface area contributed by atoms with E-state index in [1.807, 2.05) is 19.1 Å². The van der Waals surface area contributed by atoms with Gasteiger partial charge in [-0.05, 0) is 47.9 Å². The molecule has 2 N–H and O–H groups in total. The SMILES string of the molecule is Cc1cc([C@H](C)N)ccc1OCc1csc2ccccc12. The fourth-order valence-corrected chi connectivity index (χ4v) is 3.37. The van der Waals surface area contributed by atoms with E-state index in [1.165, 1.54) is 15.6 Å². The fraction of sp³-hybridized carbons (Fsp3) is 0.222. The molecule has 0 saturated carbocycles. The Morgan fingerprint density at radius 1 is 1.19 bits per heavy atom. The highest BCUT2D eigenvalue weighted by atomic mass is 32.1. The van der Waals surface area contributed by atoms with E-state index in [-0.39, 0.29) is 6.04 Å². The number of thiophene rings is 1. The van der Waals surface area contributed by atoms with E-state index in [0.717, 1.165) is 16.9 Å². The Morgan fingerprint density at radius 3 is 2.76 bits per heavy atom. The Balaban J connectivity index is 1.79. The summed E-state index contributed by atoms with van der Waals surface area (Å²) < 4.78 is 7.30. The lowest BCUT2D eigenvalue weighted by molar-refractivity contribution is 0.306. The van der Waals surface area contributed by atoms with Gasteiger partial charge in [0, 0.05) is 16.3 Å². The maximum Gasteiger partial charge on any atom is 0.122 e. The second kappa shape index (κ2) is 5.88. The van der Waals surface area contributed by atoms with Gasteiger partial charge in [-0.2, -0.15) is 0 Å². The van der Waals surface area contributed by atoms with Crippen molar-refractivity contribution in [2.45, 2.75) is 26.5 Å². The van der Waals surface area contributed by atoms with E-state index in [9.17, 15) is 0 Å². The van der Waals surface area contributed by atoms with Crippen LogP contribution in [0.2, 0.25) is 0 Å². The lowest BCUT2D eigenvalue weighted by Gasteiger charge is -2.12. The summed E-state index contributed by atoms with van der Waals surface area (Å²) >= 11 is 1.76. The zero-order valence-electron chi connectivity index (χ0n) is 12.3. The largest absolute Gasteiger partial charge is 0.489 e. The van der Waals surface area contributed by atoms with Crippen LogP contribution in [0.25, 0.3) is 10.1 Å². The van der Waals surface area contributed by atoms with E-state index in [2.05, 4.69) is 42.6 Å². The minimum absolute atomic E-state index is 0.0542. The van der Waals surface area contributed by atoms with Crippen LogP contribution >= 0.6 is 11.3 Å². The molecule has 108 valence electrons. The first-order chi connectivity index (χ1) is 10.1. The van der Waals surface area contributed by atoms with Gasteiger partial charge in [-0.15, -0.1) is 11.3 Å². The van der Waals surface area contributed by atoms with E-state index in [1.54, 1.807) is 11.3 Å². The first-order valence-electron chi connectivity index (χ1n) is 7.09. The Kier molecular flexibility index (Phi) is 3.95. The van der Waals surface area contributed by atoms with E-state index in [0.29, 0.717) is 6.61 Å². The molecule has 1 heterocycles. The maximum absolute atomic E-state index is 5.99. The summed E-state index contributed by atoms with van der Waals surface area (Å²) in [5.41, 5.74) is 9.42. The molecule has 0 fully saturated rings. The molecule has 0 amide bonds. The molecule has 0 aliphatic carbocycles. The fourth-order valence-electron chi connectivity index (χ4n) is 2.42. The number of fused-ring (bicyclic) bond motifs is 1. The lowest BCUT2D eigenvalue weighted by atomic mass is 10.1. The number of nitrogens with two attached hydrogens (primary N) is 1. The minimum Gasteiger partial charge on any atom is -0.489 e. The number of benzene rings is 2. The van der Waals surface area contributed by atoms with Crippen molar-refractivity contribution in [2.75, 3.05) is 0 Å². The predicted octanol–water partition coefficient (Wildman–Crippen LogP) is 4.81. The summed E-state index contributed by atoms with van der Waals surface area (Å²) in [6.45, 7) is 4.65. The third kappa shape index (κ3) is 2.94. The molecule has 0 aliphatic rings. The molecule has 0 saturated heterocycles. The van der Waals surface area contributed by atoms with Gasteiger partial charge in [-0.3, -0.25) is 0 Å². The van der Waals surface area contributed by atoms with Gasteiger partial charge in [0.2, 0.25) is 0 Å². The number of aryl methyl sites for hydroxylation is 1. The number of hydrogen-bond acceptors (Lipinski definition) is 3. The highest BCUT2D eigenvalue weighted by Crippen LogP contribution is 2.28. The van der Waals surface area contributed by atoms with E-state index in [4.69, 9.17) is 10.5 Å². The van der Waals surface area contributed by atoms with Gasteiger partial charge in [-0.1, -0.05) is 30.3 Å². The molecule has 1 atom stereocenters. The molecular formula is C18H19NOS. The molecule has 0 radical (unpaired) electrons. The van der Waals surface area contributed by atoms with Crippen molar-refractivity contribution in [2.24, 2.45) is 5.73 Å². The van der Waals surface area contributed by atoms with Crippen LogP contribution < -0.4 is 10.5 Å². The average molecular weight is 297 g/mol. The number of rotatable bonds is 4. The molecule has 0 spiro atoms. The molecule has 2 nitrogen and oxygen atoms in total. The second-order valence-corrected chi connectivity index (χ2v) is 6.27. The minimum atomic E-state index is 0.0542. The van der Waals surface area contributed by atoms with Gasteiger partial charge in [0.15, 0.2) is 0 Å². The molecule has 3 rings (SSSR count). The summed E-state index contributed by atoms with van der Waals surface area (Å²) in [6.07, 6.45) is 0. The Morgan fingerprint density at radius 2 is 2.00 bits per heavy atom. The van der Waals surface area contributed by atoms with Crippen molar-refractivity contribution >= 4 is 21.4 Å². The van der Waals surface area contributed by atoms with Crippen LogP contribution in [0.15, 0.2) is 47.8 Å². The van der Waals surface area contributed by atoms with Crippen LogP contribution in [0.5, 0.6) is 5.75 Å². The van der Waals surface area contributed by atoms with Crippen molar-refractivity contribution in [3.05, 3.63) is 64.5 Å². The van der Waals surface area contributed by atoms with Crippen LogP contribution in [0.1, 0.15) is 29.7 Å². The van der Waals surface area contributed by atoms with Gasteiger partial charge >= 0.3 is 0 Å². The van der Waals surface area contributed by atoms with Crippen molar-refractivity contribution in [1.29, 1.82) is 0 Å². The first-order valence-corrected chi connectivity index (χ1v) is 7.97. The Hall–Kier alpha value is -1.84. The summed E-state index contributed by atoms with van der Waals surface area (Å²) in [5, 5.41) is 3.46. The second-order valence-electron chi connectivity index (χ2n) is 5.36.